The fourth-order valence-corrected chi connectivity index (χ4v) is 2.55. The third kappa shape index (κ3) is 4.15. The van der Waals surface area contributed by atoms with E-state index in [9.17, 15) is 13.2 Å². The second-order valence-corrected chi connectivity index (χ2v) is 5.68. The van der Waals surface area contributed by atoms with Crippen molar-refractivity contribution in [1.29, 1.82) is 0 Å². The highest BCUT2D eigenvalue weighted by molar-refractivity contribution is 5.81. The van der Waals surface area contributed by atoms with Gasteiger partial charge in [0.2, 0.25) is 0 Å². The Kier molecular flexibility index (Phi) is 4.86. The molecule has 0 saturated carbocycles. The molecule has 0 bridgehead atoms. The van der Waals surface area contributed by atoms with Crippen molar-refractivity contribution in [3.8, 4) is 5.75 Å². The van der Waals surface area contributed by atoms with E-state index in [1.165, 1.54) is 24.3 Å². The van der Waals surface area contributed by atoms with Crippen LogP contribution >= 0.6 is 0 Å². The van der Waals surface area contributed by atoms with Crippen LogP contribution in [0.3, 0.4) is 0 Å². The largest absolute Gasteiger partial charge is 0.573 e. The van der Waals surface area contributed by atoms with Gasteiger partial charge in [0, 0.05) is 17.6 Å². The van der Waals surface area contributed by atoms with Gasteiger partial charge >= 0.3 is 6.36 Å². The van der Waals surface area contributed by atoms with Gasteiger partial charge in [0.25, 0.3) is 0 Å². The molecule has 3 nitrogen and oxygen atoms in total. The van der Waals surface area contributed by atoms with Crippen LogP contribution in [0.4, 0.5) is 18.9 Å². The molecular formula is C20H16F3NO2. The maximum atomic E-state index is 12.3. The predicted molar refractivity (Wildman–Crippen MR) is 94.2 cm³/mol. The molecule has 0 aromatic heterocycles. The highest BCUT2D eigenvalue weighted by atomic mass is 19.4. The Morgan fingerprint density at radius 1 is 0.962 bits per heavy atom. The Balaban J connectivity index is 1.85. The molecule has 1 heterocycles. The number of halogens is 3. The maximum absolute atomic E-state index is 12.3. The average molecular weight is 359 g/mol. The number of rotatable bonds is 4. The number of alkyl halides is 3. The van der Waals surface area contributed by atoms with Crippen molar-refractivity contribution >= 4 is 11.3 Å². The predicted octanol–water partition coefficient (Wildman–Crippen LogP) is 5.01. The monoisotopic (exact) mass is 359 g/mol. The van der Waals surface area contributed by atoms with Crippen molar-refractivity contribution < 1.29 is 23.0 Å². The van der Waals surface area contributed by atoms with Gasteiger partial charge in [-0.25, -0.2) is 0 Å². The van der Waals surface area contributed by atoms with Crippen LogP contribution in [-0.4, -0.2) is 11.5 Å². The van der Waals surface area contributed by atoms with E-state index in [1.54, 1.807) is 4.90 Å². The van der Waals surface area contributed by atoms with E-state index in [2.05, 4.69) is 11.3 Å². The number of ether oxygens (including phenoxy) is 1. The van der Waals surface area contributed by atoms with E-state index in [1.807, 2.05) is 42.6 Å². The minimum absolute atomic E-state index is 0.0234. The second-order valence-electron chi connectivity index (χ2n) is 5.68. The number of benzene rings is 2. The zero-order valence-corrected chi connectivity index (χ0v) is 13.7. The summed E-state index contributed by atoms with van der Waals surface area (Å²) in [6, 6.07) is 13.1. The zero-order chi connectivity index (χ0) is 18.7. The molecule has 0 saturated heterocycles. The van der Waals surface area contributed by atoms with Crippen LogP contribution in [0.2, 0.25) is 0 Å². The zero-order valence-electron chi connectivity index (χ0n) is 13.7. The summed E-state index contributed by atoms with van der Waals surface area (Å²) in [6.45, 7) is 3.94. The van der Waals surface area contributed by atoms with Crippen LogP contribution in [0, 0.1) is 0 Å². The Hall–Kier alpha value is -2.99. The summed E-state index contributed by atoms with van der Waals surface area (Å²) in [5.41, 5.74) is 4.03. The molecule has 0 amide bonds. The van der Waals surface area contributed by atoms with Crippen molar-refractivity contribution in [2.45, 2.75) is 13.0 Å². The number of allylic oxidation sites excluding steroid dienone is 3. The highest BCUT2D eigenvalue weighted by Gasteiger charge is 2.31. The van der Waals surface area contributed by atoms with Gasteiger partial charge in [0.15, 0.2) is 0 Å². The molecule has 0 aliphatic carbocycles. The third-order valence-electron chi connectivity index (χ3n) is 3.85. The topological polar surface area (TPSA) is 32.7 Å². The van der Waals surface area contributed by atoms with Crippen molar-refractivity contribution in [2.24, 2.45) is 0 Å². The fourth-order valence-electron chi connectivity index (χ4n) is 2.55. The van der Waals surface area contributed by atoms with Gasteiger partial charge in [-0.3, -0.25) is 0 Å². The number of hydrogen-bond acceptors (Lipinski definition) is 3. The Labute approximate surface area is 148 Å². The van der Waals surface area contributed by atoms with Gasteiger partial charge in [-0.15, -0.1) is 13.2 Å². The molecule has 3 rings (SSSR count). The normalized spacial score (nSPS) is 14.4. The molecule has 2 aromatic rings. The Bertz CT molecular complexity index is 850. The molecule has 1 aliphatic rings. The fraction of sp³-hybridized carbons (Fsp3) is 0.100. The molecule has 0 spiro atoms. The molecule has 1 N–H and O–H groups in total. The quantitative estimate of drug-likeness (QED) is 0.833. The lowest BCUT2D eigenvalue weighted by atomic mass is 10.0. The summed E-state index contributed by atoms with van der Waals surface area (Å²) < 4.78 is 40.7. The molecule has 1 aliphatic heterocycles. The molecule has 2 aromatic carbocycles. The second kappa shape index (κ2) is 7.09. The number of nitrogens with zero attached hydrogens (tertiary/aromatic N) is 1. The van der Waals surface area contributed by atoms with Crippen LogP contribution in [0.1, 0.15) is 11.1 Å². The molecule has 0 radical (unpaired) electrons. The van der Waals surface area contributed by atoms with E-state index >= 15 is 0 Å². The molecule has 26 heavy (non-hydrogen) atoms. The van der Waals surface area contributed by atoms with Crippen LogP contribution in [0.25, 0.3) is 5.57 Å². The summed E-state index contributed by atoms with van der Waals surface area (Å²) in [5, 5.41) is 9.13. The number of hydrogen-bond donors (Lipinski definition) is 1. The minimum Gasteiger partial charge on any atom is -0.406 e. The van der Waals surface area contributed by atoms with E-state index in [0.29, 0.717) is 11.4 Å². The van der Waals surface area contributed by atoms with E-state index in [4.69, 9.17) is 5.11 Å². The van der Waals surface area contributed by atoms with Gasteiger partial charge in [-0.05, 0) is 47.0 Å². The Morgan fingerprint density at radius 3 is 2.19 bits per heavy atom. The van der Waals surface area contributed by atoms with Gasteiger partial charge in [-0.2, -0.15) is 0 Å². The van der Waals surface area contributed by atoms with Gasteiger partial charge < -0.3 is 14.7 Å². The van der Waals surface area contributed by atoms with E-state index in [-0.39, 0.29) is 12.4 Å². The highest BCUT2D eigenvalue weighted by Crippen LogP contribution is 2.31. The van der Waals surface area contributed by atoms with Crippen LogP contribution in [0.15, 0.2) is 79.2 Å². The standard InChI is InChI=1S/C20H16F3NO2/c1-14-2-5-17(16-6-3-15(13-25)4-7-16)12-24(14)18-8-10-19(11-9-18)26-20(21,22)23/h2-12,25H,1,13H2. The van der Waals surface area contributed by atoms with Crippen molar-refractivity contribution in [3.63, 3.8) is 0 Å². The number of aliphatic hydroxyl groups excluding tert-OH is 1. The van der Waals surface area contributed by atoms with Gasteiger partial charge in [-0.1, -0.05) is 36.9 Å². The first kappa shape index (κ1) is 17.8. The van der Waals surface area contributed by atoms with E-state index in [0.717, 1.165) is 16.7 Å². The van der Waals surface area contributed by atoms with Crippen molar-refractivity contribution in [3.05, 3.63) is 90.3 Å². The summed E-state index contributed by atoms with van der Waals surface area (Å²) >= 11 is 0. The lowest BCUT2D eigenvalue weighted by molar-refractivity contribution is -0.274. The Morgan fingerprint density at radius 2 is 1.62 bits per heavy atom. The third-order valence-corrected chi connectivity index (χ3v) is 3.85. The van der Waals surface area contributed by atoms with Crippen LogP contribution < -0.4 is 9.64 Å². The molecule has 0 unspecified atom stereocenters. The first-order chi connectivity index (χ1) is 12.4. The maximum Gasteiger partial charge on any atom is 0.573 e. The molecule has 0 atom stereocenters. The average Bonchev–Trinajstić information content (AvgIpc) is 2.62. The van der Waals surface area contributed by atoms with Crippen molar-refractivity contribution in [2.75, 3.05) is 4.90 Å². The number of aliphatic hydroxyl groups is 1. The summed E-state index contributed by atoms with van der Waals surface area (Å²) in [5.74, 6) is -0.275. The van der Waals surface area contributed by atoms with Gasteiger partial charge in [0.1, 0.15) is 5.75 Å². The lowest BCUT2D eigenvalue weighted by Gasteiger charge is -2.25. The number of anilines is 1. The molecular weight excluding hydrogens is 343 g/mol. The lowest BCUT2D eigenvalue weighted by Crippen LogP contribution is -2.18. The first-order valence-electron chi connectivity index (χ1n) is 7.80. The molecule has 0 fully saturated rings. The summed E-state index contributed by atoms with van der Waals surface area (Å²) in [4.78, 5) is 1.78. The molecule has 134 valence electrons. The van der Waals surface area contributed by atoms with Crippen LogP contribution in [0.5, 0.6) is 5.75 Å². The first-order valence-corrected chi connectivity index (χ1v) is 7.80. The van der Waals surface area contributed by atoms with Crippen molar-refractivity contribution in [1.82, 2.24) is 0 Å². The minimum atomic E-state index is -4.72. The smallest absolute Gasteiger partial charge is 0.406 e. The van der Waals surface area contributed by atoms with E-state index < -0.39 is 6.36 Å². The summed E-state index contributed by atoms with van der Waals surface area (Å²) in [7, 11) is 0. The summed E-state index contributed by atoms with van der Waals surface area (Å²) in [6.07, 6.45) is 0.881. The SMILES string of the molecule is C=C1C=CC(c2ccc(CO)cc2)=CN1c1ccc(OC(F)(F)F)cc1. The van der Waals surface area contributed by atoms with Gasteiger partial charge in [0.05, 0.1) is 6.61 Å². The van der Waals surface area contributed by atoms with Crippen LogP contribution in [-0.2, 0) is 6.61 Å². The molecule has 6 heteroatoms.